The van der Waals surface area contributed by atoms with Gasteiger partial charge in [0.2, 0.25) is 0 Å². The van der Waals surface area contributed by atoms with Crippen LogP contribution >= 0.6 is 0 Å². The summed E-state index contributed by atoms with van der Waals surface area (Å²) in [4.78, 5) is 17.4. The van der Waals surface area contributed by atoms with Crippen molar-refractivity contribution in [1.29, 1.82) is 0 Å². The van der Waals surface area contributed by atoms with Gasteiger partial charge in [-0.2, -0.15) is 0 Å². The van der Waals surface area contributed by atoms with Crippen LogP contribution in [0, 0.1) is 0 Å². The second kappa shape index (κ2) is 9.00. The maximum atomic E-state index is 12.8. The Morgan fingerprint density at radius 3 is 2.10 bits per heavy atom. The molecule has 0 saturated carbocycles. The van der Waals surface area contributed by atoms with Gasteiger partial charge in [0, 0.05) is 31.9 Å². The van der Waals surface area contributed by atoms with Crippen molar-refractivity contribution in [3.63, 3.8) is 0 Å². The molecule has 4 heteroatoms. The molecule has 0 unspecified atom stereocenters. The Hall–Kier alpha value is -2.33. The van der Waals surface area contributed by atoms with Crippen LogP contribution in [0.3, 0.4) is 0 Å². The van der Waals surface area contributed by atoms with Gasteiger partial charge in [0.15, 0.2) is 0 Å². The molecule has 1 aliphatic rings. The minimum Gasteiger partial charge on any atom is -0.378 e. The molecule has 0 aliphatic carbocycles. The minimum absolute atomic E-state index is 0.000400. The molecule has 1 amide bonds. The molecule has 3 rings (SSSR count). The first-order valence-electron chi connectivity index (χ1n) is 10.7. The number of nitrogens with zero attached hydrogens (tertiary/aromatic N) is 2. The third-order valence-electron chi connectivity index (χ3n) is 5.84. The molecule has 1 fully saturated rings. The third kappa shape index (κ3) is 5.39. The van der Waals surface area contributed by atoms with Crippen molar-refractivity contribution in [2.45, 2.75) is 45.1 Å². The van der Waals surface area contributed by atoms with Gasteiger partial charge in [0.25, 0.3) is 5.91 Å². The molecule has 0 bridgehead atoms. The zero-order valence-corrected chi connectivity index (χ0v) is 18.5. The maximum Gasteiger partial charge on any atom is 0.251 e. The average molecular weight is 394 g/mol. The van der Waals surface area contributed by atoms with E-state index in [-0.39, 0.29) is 17.4 Å². The van der Waals surface area contributed by atoms with Crippen LogP contribution in [0.5, 0.6) is 0 Å². The summed E-state index contributed by atoms with van der Waals surface area (Å²) in [6.07, 6.45) is 2.46. The molecule has 0 aromatic heterocycles. The SMILES string of the molecule is CN(C)c1ccc([C@H](CNC(=O)c2ccc(C(C)(C)C)cc2)N2CCCC2)cc1. The second-order valence-corrected chi connectivity index (χ2v) is 9.28. The van der Waals surface area contributed by atoms with E-state index in [1.807, 2.05) is 12.1 Å². The number of benzene rings is 2. The number of hydrogen-bond acceptors (Lipinski definition) is 3. The number of hydrogen-bond donors (Lipinski definition) is 1. The average Bonchev–Trinajstić information content (AvgIpc) is 3.22. The number of likely N-dealkylation sites (tertiary alicyclic amines) is 1. The van der Waals surface area contributed by atoms with Crippen LogP contribution in [-0.2, 0) is 5.41 Å². The zero-order chi connectivity index (χ0) is 21.0. The van der Waals surface area contributed by atoms with Gasteiger partial charge in [0.05, 0.1) is 6.04 Å². The van der Waals surface area contributed by atoms with Gasteiger partial charge in [-0.1, -0.05) is 45.0 Å². The van der Waals surface area contributed by atoms with Crippen molar-refractivity contribution in [1.82, 2.24) is 10.2 Å². The predicted molar refractivity (Wildman–Crippen MR) is 122 cm³/mol. The maximum absolute atomic E-state index is 12.8. The normalized spacial score (nSPS) is 15.9. The van der Waals surface area contributed by atoms with Gasteiger partial charge >= 0.3 is 0 Å². The quantitative estimate of drug-likeness (QED) is 0.778. The molecule has 156 valence electrons. The van der Waals surface area contributed by atoms with Crippen LogP contribution in [0.15, 0.2) is 48.5 Å². The predicted octanol–water partition coefficient (Wildman–Crippen LogP) is 4.62. The van der Waals surface area contributed by atoms with E-state index in [1.54, 1.807) is 0 Å². The minimum atomic E-state index is -0.000400. The first-order valence-corrected chi connectivity index (χ1v) is 10.7. The molecule has 0 radical (unpaired) electrons. The summed E-state index contributed by atoms with van der Waals surface area (Å²) in [5, 5.41) is 3.18. The van der Waals surface area contributed by atoms with E-state index in [9.17, 15) is 4.79 Å². The summed E-state index contributed by atoms with van der Waals surface area (Å²) in [6.45, 7) is 9.37. The number of carbonyl (C=O) groups excluding carboxylic acids is 1. The molecular formula is C25H35N3O. The van der Waals surface area contributed by atoms with Gasteiger partial charge in [-0.25, -0.2) is 0 Å². The summed E-state index contributed by atoms with van der Waals surface area (Å²) in [6, 6.07) is 16.9. The summed E-state index contributed by atoms with van der Waals surface area (Å²) in [7, 11) is 4.11. The molecule has 0 spiro atoms. The highest BCUT2D eigenvalue weighted by atomic mass is 16.1. The highest BCUT2D eigenvalue weighted by Crippen LogP contribution is 2.27. The zero-order valence-electron chi connectivity index (χ0n) is 18.5. The molecule has 29 heavy (non-hydrogen) atoms. The lowest BCUT2D eigenvalue weighted by Gasteiger charge is -2.28. The third-order valence-corrected chi connectivity index (χ3v) is 5.84. The van der Waals surface area contributed by atoms with Crippen LogP contribution in [0.25, 0.3) is 0 Å². The summed E-state index contributed by atoms with van der Waals surface area (Å²) in [5.74, 6) is -0.000400. The molecule has 2 aromatic rings. The first kappa shape index (κ1) is 21.4. The molecular weight excluding hydrogens is 358 g/mol. The Labute approximate surface area is 175 Å². The lowest BCUT2D eigenvalue weighted by atomic mass is 9.87. The Bertz CT molecular complexity index is 797. The van der Waals surface area contributed by atoms with Crippen LogP contribution in [0.1, 0.15) is 61.1 Å². The molecule has 4 nitrogen and oxygen atoms in total. The largest absolute Gasteiger partial charge is 0.378 e. The number of nitrogens with one attached hydrogen (secondary N) is 1. The molecule has 1 heterocycles. The van der Waals surface area contributed by atoms with Crippen LogP contribution in [0.2, 0.25) is 0 Å². The Morgan fingerprint density at radius 2 is 1.59 bits per heavy atom. The van der Waals surface area contributed by atoms with Crippen LogP contribution < -0.4 is 10.2 Å². The smallest absolute Gasteiger partial charge is 0.251 e. The fourth-order valence-electron chi connectivity index (χ4n) is 3.92. The summed E-state index contributed by atoms with van der Waals surface area (Å²) >= 11 is 0. The van der Waals surface area contributed by atoms with Crippen LogP contribution in [-0.4, -0.2) is 44.5 Å². The van der Waals surface area contributed by atoms with E-state index in [2.05, 4.69) is 86.4 Å². The van der Waals surface area contributed by atoms with Crippen LogP contribution in [0.4, 0.5) is 5.69 Å². The number of carbonyl (C=O) groups is 1. The molecule has 1 aliphatic heterocycles. The molecule has 1 atom stereocenters. The van der Waals surface area contributed by atoms with Crippen molar-refractivity contribution < 1.29 is 4.79 Å². The van der Waals surface area contributed by atoms with Crippen molar-refractivity contribution in [2.24, 2.45) is 0 Å². The Morgan fingerprint density at radius 1 is 1.00 bits per heavy atom. The van der Waals surface area contributed by atoms with Crippen molar-refractivity contribution in [3.8, 4) is 0 Å². The first-order chi connectivity index (χ1) is 13.8. The van der Waals surface area contributed by atoms with Gasteiger partial charge in [0.1, 0.15) is 0 Å². The summed E-state index contributed by atoms with van der Waals surface area (Å²) in [5.41, 5.74) is 4.51. The number of rotatable bonds is 6. The van der Waals surface area contributed by atoms with Gasteiger partial charge in [-0.05, 0) is 66.7 Å². The van der Waals surface area contributed by atoms with E-state index in [0.717, 1.165) is 18.7 Å². The lowest BCUT2D eigenvalue weighted by molar-refractivity contribution is 0.0938. The Kier molecular flexibility index (Phi) is 6.63. The number of amides is 1. The second-order valence-electron chi connectivity index (χ2n) is 9.28. The number of anilines is 1. The fourth-order valence-corrected chi connectivity index (χ4v) is 3.92. The standard InChI is InChI=1S/C25H35N3O/c1-25(2,3)21-12-8-20(9-13-21)24(29)26-18-23(28-16-6-7-17-28)19-10-14-22(15-11-19)27(4)5/h8-15,23H,6-7,16-18H2,1-5H3,(H,26,29)/t23-/m0/s1. The van der Waals surface area contributed by atoms with Crippen molar-refractivity contribution in [3.05, 3.63) is 65.2 Å². The lowest BCUT2D eigenvalue weighted by Crippen LogP contribution is -2.36. The highest BCUT2D eigenvalue weighted by Gasteiger charge is 2.24. The Balaban J connectivity index is 1.70. The van der Waals surface area contributed by atoms with E-state index < -0.39 is 0 Å². The van der Waals surface area contributed by atoms with E-state index >= 15 is 0 Å². The summed E-state index contributed by atoms with van der Waals surface area (Å²) < 4.78 is 0. The molecule has 2 aromatic carbocycles. The van der Waals surface area contributed by atoms with Crippen molar-refractivity contribution >= 4 is 11.6 Å². The monoisotopic (exact) mass is 393 g/mol. The van der Waals surface area contributed by atoms with Gasteiger partial charge in [-0.15, -0.1) is 0 Å². The molecule has 1 saturated heterocycles. The fraction of sp³-hybridized carbons (Fsp3) is 0.480. The molecule has 1 N–H and O–H groups in total. The van der Waals surface area contributed by atoms with E-state index in [4.69, 9.17) is 0 Å². The van der Waals surface area contributed by atoms with E-state index in [1.165, 1.54) is 29.7 Å². The highest BCUT2D eigenvalue weighted by molar-refractivity contribution is 5.94. The van der Waals surface area contributed by atoms with E-state index in [0.29, 0.717) is 6.54 Å². The van der Waals surface area contributed by atoms with Gasteiger partial charge < -0.3 is 10.2 Å². The van der Waals surface area contributed by atoms with Crippen molar-refractivity contribution in [2.75, 3.05) is 38.6 Å². The van der Waals surface area contributed by atoms with Gasteiger partial charge in [-0.3, -0.25) is 9.69 Å². The topological polar surface area (TPSA) is 35.6 Å².